The van der Waals surface area contributed by atoms with Gasteiger partial charge in [0.05, 0.1) is 11.1 Å². The van der Waals surface area contributed by atoms with Crippen molar-refractivity contribution in [3.8, 4) is 0 Å². The van der Waals surface area contributed by atoms with Crippen LogP contribution in [-0.4, -0.2) is 11.9 Å². The van der Waals surface area contributed by atoms with E-state index in [1.54, 1.807) is 24.3 Å². The normalized spacial score (nSPS) is 11.8. The van der Waals surface area contributed by atoms with Crippen LogP contribution in [0.2, 0.25) is 0 Å². The fourth-order valence-corrected chi connectivity index (χ4v) is 3.19. The number of hydrogen-bond acceptors (Lipinski definition) is 4. The van der Waals surface area contributed by atoms with Crippen LogP contribution < -0.4 is 0 Å². The standard InChI is InChI=1S/2C15H14O2/c2*1-12(13-8-4-2-5-9-13)17-15(16)14-10-6-3-7-11-14/h2*2-12H,1H3. The molecule has 4 rings (SSSR count). The minimum Gasteiger partial charge on any atom is -0.454 e. The monoisotopic (exact) mass is 452 g/mol. The Kier molecular flexibility index (Phi) is 9.18. The molecule has 0 N–H and O–H groups in total. The van der Waals surface area contributed by atoms with Gasteiger partial charge in [0.1, 0.15) is 12.2 Å². The summed E-state index contributed by atoms with van der Waals surface area (Å²) in [7, 11) is 0. The largest absolute Gasteiger partial charge is 0.454 e. The number of esters is 2. The smallest absolute Gasteiger partial charge is 0.338 e. The molecule has 172 valence electrons. The molecule has 0 aliphatic rings. The van der Waals surface area contributed by atoms with Gasteiger partial charge >= 0.3 is 11.9 Å². The van der Waals surface area contributed by atoms with Gasteiger partial charge < -0.3 is 9.47 Å². The lowest BCUT2D eigenvalue weighted by molar-refractivity contribution is 0.0328. The van der Waals surface area contributed by atoms with Crippen molar-refractivity contribution in [2.45, 2.75) is 26.1 Å². The van der Waals surface area contributed by atoms with E-state index in [1.165, 1.54) is 0 Å². The minimum atomic E-state index is -0.290. The number of benzene rings is 4. The molecule has 34 heavy (non-hydrogen) atoms. The average molecular weight is 453 g/mol. The van der Waals surface area contributed by atoms with Gasteiger partial charge in [0.15, 0.2) is 0 Å². The maximum absolute atomic E-state index is 11.8. The third-order valence-corrected chi connectivity index (χ3v) is 5.12. The van der Waals surface area contributed by atoms with Gasteiger partial charge in [-0.05, 0) is 49.2 Å². The van der Waals surface area contributed by atoms with E-state index in [2.05, 4.69) is 0 Å². The van der Waals surface area contributed by atoms with E-state index in [9.17, 15) is 9.59 Å². The molecule has 0 heterocycles. The summed E-state index contributed by atoms with van der Waals surface area (Å²) >= 11 is 0. The zero-order chi connectivity index (χ0) is 24.2. The van der Waals surface area contributed by atoms with Gasteiger partial charge in [-0.1, -0.05) is 97.1 Å². The van der Waals surface area contributed by atoms with Crippen LogP contribution in [0.4, 0.5) is 0 Å². The highest BCUT2D eigenvalue weighted by Crippen LogP contribution is 2.19. The highest BCUT2D eigenvalue weighted by atomic mass is 16.5. The first-order chi connectivity index (χ1) is 16.5. The predicted octanol–water partition coefficient (Wildman–Crippen LogP) is 7.21. The van der Waals surface area contributed by atoms with Crippen molar-refractivity contribution in [1.29, 1.82) is 0 Å². The van der Waals surface area contributed by atoms with Gasteiger partial charge in [0.25, 0.3) is 0 Å². The van der Waals surface area contributed by atoms with E-state index < -0.39 is 0 Å². The summed E-state index contributed by atoms with van der Waals surface area (Å²) in [5.41, 5.74) is 3.15. The van der Waals surface area contributed by atoms with Gasteiger partial charge in [0, 0.05) is 0 Å². The number of hydrogen-bond donors (Lipinski definition) is 0. The third-order valence-electron chi connectivity index (χ3n) is 5.12. The molecule has 4 heteroatoms. The lowest BCUT2D eigenvalue weighted by Gasteiger charge is -2.13. The molecule has 4 aromatic rings. The Labute approximate surface area is 200 Å². The van der Waals surface area contributed by atoms with Crippen molar-refractivity contribution in [3.05, 3.63) is 144 Å². The van der Waals surface area contributed by atoms with E-state index in [0.717, 1.165) is 11.1 Å². The van der Waals surface area contributed by atoms with E-state index in [-0.39, 0.29) is 24.1 Å². The van der Waals surface area contributed by atoms with Crippen LogP contribution >= 0.6 is 0 Å². The molecule has 0 radical (unpaired) electrons. The summed E-state index contributed by atoms with van der Waals surface area (Å²) in [5.74, 6) is -0.580. The molecule has 0 aliphatic heterocycles. The van der Waals surface area contributed by atoms with Crippen molar-refractivity contribution in [3.63, 3.8) is 0 Å². The Balaban J connectivity index is 0.000000191. The average Bonchev–Trinajstić information content (AvgIpc) is 2.91. The van der Waals surface area contributed by atoms with E-state index in [1.807, 2.05) is 111 Å². The zero-order valence-electron chi connectivity index (χ0n) is 19.3. The Morgan fingerprint density at radius 1 is 0.471 bits per heavy atom. The zero-order valence-corrected chi connectivity index (χ0v) is 19.3. The Hall–Kier alpha value is -4.18. The fourth-order valence-electron chi connectivity index (χ4n) is 3.19. The number of rotatable bonds is 6. The number of carbonyl (C=O) groups excluding carboxylic acids is 2. The quantitative estimate of drug-likeness (QED) is 0.290. The lowest BCUT2D eigenvalue weighted by atomic mass is 10.1. The van der Waals surface area contributed by atoms with E-state index in [4.69, 9.17) is 9.47 Å². The first kappa shape index (κ1) is 24.5. The molecular formula is C30H28O4. The summed E-state index contributed by atoms with van der Waals surface area (Å²) < 4.78 is 10.8. The van der Waals surface area contributed by atoms with Crippen molar-refractivity contribution in [2.75, 3.05) is 0 Å². The van der Waals surface area contributed by atoms with Gasteiger partial charge in [0.2, 0.25) is 0 Å². The van der Waals surface area contributed by atoms with Crippen molar-refractivity contribution in [1.82, 2.24) is 0 Å². The minimum absolute atomic E-state index is 0.232. The van der Waals surface area contributed by atoms with Crippen LogP contribution in [-0.2, 0) is 9.47 Å². The Morgan fingerprint density at radius 2 is 0.735 bits per heavy atom. The van der Waals surface area contributed by atoms with Crippen LogP contribution in [0.25, 0.3) is 0 Å². The van der Waals surface area contributed by atoms with Crippen LogP contribution in [0.15, 0.2) is 121 Å². The van der Waals surface area contributed by atoms with Crippen LogP contribution in [0.1, 0.15) is 57.9 Å². The number of ether oxygens (including phenoxy) is 2. The topological polar surface area (TPSA) is 52.6 Å². The highest BCUT2D eigenvalue weighted by Gasteiger charge is 2.13. The molecule has 2 unspecified atom stereocenters. The SMILES string of the molecule is CC(OC(=O)c1ccccc1)c1ccccc1.CC(OC(=O)c1ccccc1)c1ccccc1. The second-order valence-corrected chi connectivity index (χ2v) is 7.65. The molecule has 0 saturated heterocycles. The van der Waals surface area contributed by atoms with Gasteiger partial charge in [-0.15, -0.1) is 0 Å². The van der Waals surface area contributed by atoms with E-state index >= 15 is 0 Å². The maximum Gasteiger partial charge on any atom is 0.338 e. The van der Waals surface area contributed by atoms with Gasteiger partial charge in [-0.2, -0.15) is 0 Å². The van der Waals surface area contributed by atoms with Crippen molar-refractivity contribution in [2.24, 2.45) is 0 Å². The predicted molar refractivity (Wildman–Crippen MR) is 133 cm³/mol. The lowest BCUT2D eigenvalue weighted by Crippen LogP contribution is -2.08. The molecular weight excluding hydrogens is 424 g/mol. The second kappa shape index (κ2) is 12.8. The number of carbonyl (C=O) groups is 2. The van der Waals surface area contributed by atoms with Crippen LogP contribution in [0.5, 0.6) is 0 Å². The molecule has 0 aromatic heterocycles. The van der Waals surface area contributed by atoms with Gasteiger partial charge in [-0.3, -0.25) is 0 Å². The molecule has 0 saturated carbocycles. The highest BCUT2D eigenvalue weighted by molar-refractivity contribution is 5.89. The first-order valence-corrected chi connectivity index (χ1v) is 11.2. The first-order valence-electron chi connectivity index (χ1n) is 11.2. The molecule has 0 fully saturated rings. The summed E-state index contributed by atoms with van der Waals surface area (Å²) in [6.07, 6.45) is -0.465. The molecule has 0 aliphatic carbocycles. The fraction of sp³-hybridized carbons (Fsp3) is 0.133. The Morgan fingerprint density at radius 3 is 1.03 bits per heavy atom. The molecule has 0 spiro atoms. The van der Waals surface area contributed by atoms with Crippen LogP contribution in [0.3, 0.4) is 0 Å². The Bertz CT molecular complexity index is 1050. The molecule has 4 nitrogen and oxygen atoms in total. The van der Waals surface area contributed by atoms with Crippen molar-refractivity contribution < 1.29 is 19.1 Å². The second-order valence-electron chi connectivity index (χ2n) is 7.65. The molecule has 0 amide bonds. The molecule has 0 bridgehead atoms. The third kappa shape index (κ3) is 7.45. The van der Waals surface area contributed by atoms with E-state index in [0.29, 0.717) is 11.1 Å². The summed E-state index contributed by atoms with van der Waals surface area (Å²) in [6.45, 7) is 3.74. The van der Waals surface area contributed by atoms with Gasteiger partial charge in [-0.25, -0.2) is 9.59 Å². The molecule has 4 aromatic carbocycles. The summed E-state index contributed by atoms with van der Waals surface area (Å²) in [4.78, 5) is 23.6. The van der Waals surface area contributed by atoms with Crippen LogP contribution in [0, 0.1) is 0 Å². The summed E-state index contributed by atoms with van der Waals surface area (Å²) in [5, 5.41) is 0. The van der Waals surface area contributed by atoms with Crippen molar-refractivity contribution >= 4 is 11.9 Å². The molecule has 2 atom stereocenters. The summed E-state index contributed by atoms with van der Waals surface area (Å²) in [6, 6.07) is 37.4. The maximum atomic E-state index is 11.8.